The first kappa shape index (κ1) is 17.2. The van der Waals surface area contributed by atoms with Crippen LogP contribution in [-0.4, -0.2) is 34.4 Å². The summed E-state index contributed by atoms with van der Waals surface area (Å²) < 4.78 is 5.26. The van der Waals surface area contributed by atoms with Crippen molar-refractivity contribution in [3.63, 3.8) is 0 Å². The Hall–Kier alpha value is 2.17. The molecule has 2 rings (SSSR count). The molecule has 4 unspecified atom stereocenters. The van der Waals surface area contributed by atoms with E-state index >= 15 is 0 Å². The number of carboxylic acid groups (broad SMARTS) is 2. The van der Waals surface area contributed by atoms with Crippen LogP contribution in [-0.2, 0) is 14.3 Å². The Kier molecular flexibility index (Phi) is 7.94. The summed E-state index contributed by atoms with van der Waals surface area (Å²) in [7, 11) is 0. The maximum atomic E-state index is 10.8. The Morgan fingerprint density at radius 1 is 1.00 bits per heavy atom. The smallest absolute Gasteiger partial charge is 1.00 e. The fourth-order valence-electron chi connectivity index (χ4n) is 2.31. The standard InChI is InChI=1S/C8H10O5.2K.2H/c9-7(10)5-3-1-2-4(13-3)6(5)8(11)12;;;;/h3-6H,1-2H2,(H,9,10)(H,11,12);;;;/q;2*+1;2*-1. The van der Waals surface area contributed by atoms with Crippen LogP contribution < -0.4 is 103 Å². The van der Waals surface area contributed by atoms with Crippen LogP contribution in [0.1, 0.15) is 15.7 Å². The number of carboxylic acids is 2. The van der Waals surface area contributed by atoms with Crippen LogP contribution in [0.3, 0.4) is 0 Å². The normalized spacial score (nSPS) is 36.5. The summed E-state index contributed by atoms with van der Waals surface area (Å²) in [4.78, 5) is 21.5. The molecule has 2 N–H and O–H groups in total. The Morgan fingerprint density at radius 2 is 1.33 bits per heavy atom. The van der Waals surface area contributed by atoms with Crippen molar-refractivity contribution in [1.82, 2.24) is 0 Å². The van der Waals surface area contributed by atoms with E-state index in [4.69, 9.17) is 14.9 Å². The van der Waals surface area contributed by atoms with Crippen molar-refractivity contribution < 1.29 is 130 Å². The minimum absolute atomic E-state index is 0. The number of aliphatic carboxylic acids is 2. The summed E-state index contributed by atoms with van der Waals surface area (Å²) in [5, 5.41) is 17.6. The number of hydrogen-bond donors (Lipinski definition) is 2. The SMILES string of the molecule is O=C(O)C1C2CCC(O2)C1C(=O)O.[H-].[H-].[K+].[K+]. The zero-order valence-electron chi connectivity index (χ0n) is 10.8. The third-order valence-corrected chi connectivity index (χ3v) is 2.84. The zero-order valence-corrected chi connectivity index (χ0v) is 15.1. The van der Waals surface area contributed by atoms with Crippen molar-refractivity contribution >= 4 is 11.9 Å². The molecule has 2 bridgehead atoms. The monoisotopic (exact) mass is 266 g/mol. The molecule has 76 valence electrons. The molecule has 2 aliphatic rings. The number of rotatable bonds is 2. The molecule has 0 aliphatic carbocycles. The molecule has 2 aliphatic heterocycles. The van der Waals surface area contributed by atoms with E-state index in [9.17, 15) is 9.59 Å². The second-order valence-corrected chi connectivity index (χ2v) is 3.52. The van der Waals surface area contributed by atoms with E-state index in [-0.39, 0.29) is 118 Å². The molecule has 2 fully saturated rings. The fraction of sp³-hybridized carbons (Fsp3) is 0.750. The second kappa shape index (κ2) is 6.93. The molecular weight excluding hydrogens is 254 g/mol. The van der Waals surface area contributed by atoms with Crippen molar-refractivity contribution in [2.45, 2.75) is 25.0 Å². The van der Waals surface area contributed by atoms with Gasteiger partial charge in [-0.05, 0) is 12.8 Å². The quantitative estimate of drug-likeness (QED) is 0.487. The molecule has 2 saturated heterocycles. The minimum Gasteiger partial charge on any atom is -1.00 e. The molecule has 0 aromatic rings. The number of ether oxygens (including phenoxy) is 1. The van der Waals surface area contributed by atoms with Crippen molar-refractivity contribution in [3.05, 3.63) is 0 Å². The van der Waals surface area contributed by atoms with Crippen molar-refractivity contribution in [2.75, 3.05) is 0 Å². The minimum atomic E-state index is -1.06. The maximum absolute atomic E-state index is 10.8. The molecule has 0 spiro atoms. The molecule has 0 radical (unpaired) electrons. The largest absolute Gasteiger partial charge is 1.00 e. The summed E-state index contributed by atoms with van der Waals surface area (Å²) in [6.45, 7) is 0. The van der Waals surface area contributed by atoms with Gasteiger partial charge in [0.1, 0.15) is 0 Å². The summed E-state index contributed by atoms with van der Waals surface area (Å²) in [5.41, 5.74) is 0. The van der Waals surface area contributed by atoms with Crippen LogP contribution in [0, 0.1) is 11.8 Å². The fourth-order valence-corrected chi connectivity index (χ4v) is 2.31. The van der Waals surface area contributed by atoms with Gasteiger partial charge < -0.3 is 17.8 Å². The Labute approximate surface area is 175 Å². The number of carbonyl (C=O) groups is 2. The van der Waals surface area contributed by atoms with E-state index in [1.165, 1.54) is 0 Å². The van der Waals surface area contributed by atoms with E-state index in [2.05, 4.69) is 0 Å². The molecular formula is C8H12K2O5. The number of hydrogen-bond acceptors (Lipinski definition) is 3. The van der Waals surface area contributed by atoms with Gasteiger partial charge in [0.2, 0.25) is 0 Å². The van der Waals surface area contributed by atoms with Gasteiger partial charge in [0.15, 0.2) is 0 Å². The van der Waals surface area contributed by atoms with Gasteiger partial charge in [0.05, 0.1) is 24.0 Å². The van der Waals surface area contributed by atoms with Gasteiger partial charge in [-0.1, -0.05) is 0 Å². The van der Waals surface area contributed by atoms with Gasteiger partial charge in [-0.2, -0.15) is 0 Å². The van der Waals surface area contributed by atoms with E-state index in [0.29, 0.717) is 12.8 Å². The summed E-state index contributed by atoms with van der Waals surface area (Å²) in [6, 6.07) is 0. The average Bonchev–Trinajstić information content (AvgIpc) is 2.60. The predicted molar refractivity (Wildman–Crippen MR) is 42.4 cm³/mol. The summed E-state index contributed by atoms with van der Waals surface area (Å²) >= 11 is 0. The topological polar surface area (TPSA) is 83.8 Å². The van der Waals surface area contributed by atoms with Crippen LogP contribution in [0.2, 0.25) is 0 Å². The van der Waals surface area contributed by atoms with E-state index in [1.54, 1.807) is 0 Å². The van der Waals surface area contributed by atoms with Gasteiger partial charge in [-0.25, -0.2) is 0 Å². The molecule has 0 saturated carbocycles. The van der Waals surface area contributed by atoms with Crippen molar-refractivity contribution in [1.29, 1.82) is 0 Å². The molecule has 4 atom stereocenters. The van der Waals surface area contributed by atoms with Crippen LogP contribution >= 0.6 is 0 Å². The van der Waals surface area contributed by atoms with E-state index in [1.807, 2.05) is 0 Å². The molecule has 0 amide bonds. The van der Waals surface area contributed by atoms with Gasteiger partial charge in [-0.3, -0.25) is 9.59 Å². The Bertz CT molecular complexity index is 253. The molecule has 0 aromatic heterocycles. The zero-order chi connectivity index (χ0) is 9.59. The first-order chi connectivity index (χ1) is 6.11. The summed E-state index contributed by atoms with van der Waals surface area (Å²) in [5.74, 6) is -3.81. The third kappa shape index (κ3) is 3.34. The number of fused-ring (bicyclic) bond motifs is 2. The summed E-state index contributed by atoms with van der Waals surface area (Å²) in [6.07, 6.45) is 0.573. The van der Waals surface area contributed by atoms with Crippen LogP contribution in [0.25, 0.3) is 0 Å². The second-order valence-electron chi connectivity index (χ2n) is 3.52. The van der Waals surface area contributed by atoms with Gasteiger partial charge in [0.25, 0.3) is 0 Å². The molecule has 15 heavy (non-hydrogen) atoms. The van der Waals surface area contributed by atoms with Crippen LogP contribution in [0.5, 0.6) is 0 Å². The van der Waals surface area contributed by atoms with Gasteiger partial charge in [0, 0.05) is 0 Å². The van der Waals surface area contributed by atoms with Gasteiger partial charge >= 0.3 is 115 Å². The Balaban J connectivity index is -0.000000490. The molecule has 5 nitrogen and oxygen atoms in total. The average molecular weight is 266 g/mol. The van der Waals surface area contributed by atoms with E-state index in [0.717, 1.165) is 0 Å². The Morgan fingerprint density at radius 3 is 1.60 bits per heavy atom. The molecule has 7 heteroatoms. The first-order valence-corrected chi connectivity index (χ1v) is 4.22. The van der Waals surface area contributed by atoms with Crippen LogP contribution in [0.15, 0.2) is 0 Å². The van der Waals surface area contributed by atoms with Crippen molar-refractivity contribution in [3.8, 4) is 0 Å². The van der Waals surface area contributed by atoms with Crippen molar-refractivity contribution in [2.24, 2.45) is 11.8 Å². The molecule has 2 heterocycles. The predicted octanol–water partition coefficient (Wildman–Crippen LogP) is -5.82. The van der Waals surface area contributed by atoms with Gasteiger partial charge in [-0.15, -0.1) is 0 Å². The third-order valence-electron chi connectivity index (χ3n) is 2.84. The molecule has 0 aromatic carbocycles. The maximum Gasteiger partial charge on any atom is 1.00 e. The first-order valence-electron chi connectivity index (χ1n) is 4.22. The van der Waals surface area contributed by atoms with E-state index < -0.39 is 23.8 Å². The van der Waals surface area contributed by atoms with Crippen LogP contribution in [0.4, 0.5) is 0 Å².